The minimum Gasteiger partial charge on any atom is -0.481 e. The Bertz CT molecular complexity index is 476. The third-order valence-electron chi connectivity index (χ3n) is 4.96. The molecule has 0 heterocycles. The van der Waals surface area contributed by atoms with E-state index in [4.69, 9.17) is 5.11 Å². The first kappa shape index (κ1) is 21.6. The van der Waals surface area contributed by atoms with Crippen molar-refractivity contribution in [1.82, 2.24) is 0 Å². The Morgan fingerprint density at radius 1 is 1.28 bits per heavy atom. The van der Waals surface area contributed by atoms with Crippen LogP contribution in [0.25, 0.3) is 0 Å². The Morgan fingerprint density at radius 2 is 2.04 bits per heavy atom. The zero-order valence-corrected chi connectivity index (χ0v) is 15.7. The van der Waals surface area contributed by atoms with Gasteiger partial charge in [-0.1, -0.05) is 50.5 Å². The summed E-state index contributed by atoms with van der Waals surface area (Å²) in [6.45, 7) is 3.99. The van der Waals surface area contributed by atoms with Gasteiger partial charge in [-0.25, -0.2) is 0 Å². The summed E-state index contributed by atoms with van der Waals surface area (Å²) in [5.41, 5.74) is -0.794. The molecule has 0 aliphatic heterocycles. The van der Waals surface area contributed by atoms with Crippen molar-refractivity contribution >= 4 is 11.8 Å². The van der Waals surface area contributed by atoms with Crippen LogP contribution in [0.15, 0.2) is 24.3 Å². The first-order valence-electron chi connectivity index (χ1n) is 9.67. The van der Waals surface area contributed by atoms with E-state index < -0.39 is 11.6 Å². The van der Waals surface area contributed by atoms with Crippen molar-refractivity contribution in [2.75, 3.05) is 0 Å². The predicted octanol–water partition coefficient (Wildman–Crippen LogP) is 4.67. The van der Waals surface area contributed by atoms with Crippen LogP contribution in [-0.2, 0) is 9.59 Å². The highest BCUT2D eigenvalue weighted by Crippen LogP contribution is 2.33. The van der Waals surface area contributed by atoms with Crippen LogP contribution in [0.2, 0.25) is 0 Å². The minimum atomic E-state index is -0.794. The quantitative estimate of drug-likeness (QED) is 0.396. The number of Topliss-reactive ketones (excluding diaryl/α,β-unsaturated/α-hetero) is 1. The Kier molecular flexibility index (Phi) is 9.73. The summed E-state index contributed by atoms with van der Waals surface area (Å²) in [7, 11) is 0. The summed E-state index contributed by atoms with van der Waals surface area (Å²) in [5, 5.41) is 19.0. The molecule has 0 bridgehead atoms. The van der Waals surface area contributed by atoms with Crippen molar-refractivity contribution in [3.8, 4) is 0 Å². The molecule has 0 amide bonds. The van der Waals surface area contributed by atoms with E-state index in [0.717, 1.165) is 38.5 Å². The molecular formula is C21H34O4. The lowest BCUT2D eigenvalue weighted by molar-refractivity contribution is -0.137. The highest BCUT2D eigenvalue weighted by atomic mass is 16.4. The molecule has 1 saturated carbocycles. The minimum absolute atomic E-state index is 0.00147. The average Bonchev–Trinajstić information content (AvgIpc) is 2.89. The summed E-state index contributed by atoms with van der Waals surface area (Å²) in [6.07, 6.45) is 15.7. The van der Waals surface area contributed by atoms with E-state index in [1.165, 1.54) is 0 Å². The van der Waals surface area contributed by atoms with Gasteiger partial charge in [-0.05, 0) is 44.9 Å². The first-order chi connectivity index (χ1) is 11.9. The molecule has 1 rings (SSSR count). The van der Waals surface area contributed by atoms with E-state index in [9.17, 15) is 14.7 Å². The Balaban J connectivity index is 2.47. The molecule has 0 aromatic rings. The smallest absolute Gasteiger partial charge is 0.303 e. The van der Waals surface area contributed by atoms with E-state index in [1.807, 2.05) is 31.2 Å². The number of carboxylic acids is 1. The van der Waals surface area contributed by atoms with Gasteiger partial charge in [0.1, 0.15) is 5.78 Å². The number of aliphatic hydroxyl groups is 1. The van der Waals surface area contributed by atoms with Crippen LogP contribution in [-0.4, -0.2) is 27.6 Å². The highest BCUT2D eigenvalue weighted by molar-refractivity contribution is 5.83. The number of rotatable bonds is 12. The molecule has 3 unspecified atom stereocenters. The van der Waals surface area contributed by atoms with Gasteiger partial charge >= 0.3 is 5.97 Å². The Hall–Kier alpha value is -1.42. The van der Waals surface area contributed by atoms with Gasteiger partial charge in [-0.3, -0.25) is 9.59 Å². The molecule has 1 aliphatic carbocycles. The Labute approximate surface area is 152 Å². The second-order valence-electron chi connectivity index (χ2n) is 7.44. The third kappa shape index (κ3) is 9.01. The van der Waals surface area contributed by atoms with Gasteiger partial charge in [0, 0.05) is 18.8 Å². The maximum atomic E-state index is 12.1. The lowest BCUT2D eigenvalue weighted by atomic mass is 9.89. The van der Waals surface area contributed by atoms with E-state index in [-0.39, 0.29) is 18.3 Å². The van der Waals surface area contributed by atoms with Gasteiger partial charge in [-0.2, -0.15) is 0 Å². The molecule has 1 fully saturated rings. The number of ketones is 1. The van der Waals surface area contributed by atoms with Crippen molar-refractivity contribution in [2.45, 2.75) is 83.7 Å². The zero-order chi connectivity index (χ0) is 18.7. The van der Waals surface area contributed by atoms with Crippen LogP contribution in [0.3, 0.4) is 0 Å². The van der Waals surface area contributed by atoms with E-state index in [2.05, 4.69) is 6.92 Å². The summed E-state index contributed by atoms with van der Waals surface area (Å²) in [4.78, 5) is 22.6. The van der Waals surface area contributed by atoms with Crippen molar-refractivity contribution in [3.63, 3.8) is 0 Å². The molecule has 0 radical (unpaired) electrons. The monoisotopic (exact) mass is 350 g/mol. The van der Waals surface area contributed by atoms with E-state index in [1.54, 1.807) is 0 Å². The molecule has 0 spiro atoms. The SMILES string of the molecule is CCCCCC(C)(O)C=CC1CCC(=O)C1CC=CCCCC(=O)O. The normalized spacial score (nSPS) is 23.6. The topological polar surface area (TPSA) is 74.6 Å². The molecule has 4 nitrogen and oxygen atoms in total. The lowest BCUT2D eigenvalue weighted by Crippen LogP contribution is -2.21. The number of carboxylic acid groups (broad SMARTS) is 1. The van der Waals surface area contributed by atoms with Crippen LogP contribution < -0.4 is 0 Å². The van der Waals surface area contributed by atoms with Gasteiger partial charge in [0.2, 0.25) is 0 Å². The third-order valence-corrected chi connectivity index (χ3v) is 4.96. The number of hydrogen-bond acceptors (Lipinski definition) is 3. The van der Waals surface area contributed by atoms with Crippen molar-refractivity contribution in [1.29, 1.82) is 0 Å². The van der Waals surface area contributed by atoms with Crippen LogP contribution in [0.4, 0.5) is 0 Å². The van der Waals surface area contributed by atoms with Crippen molar-refractivity contribution in [3.05, 3.63) is 24.3 Å². The Morgan fingerprint density at radius 3 is 2.72 bits per heavy atom. The van der Waals surface area contributed by atoms with Gasteiger partial charge in [-0.15, -0.1) is 0 Å². The number of unbranched alkanes of at least 4 members (excludes halogenated alkanes) is 3. The van der Waals surface area contributed by atoms with Crippen LogP contribution >= 0.6 is 0 Å². The maximum absolute atomic E-state index is 12.1. The van der Waals surface area contributed by atoms with E-state index >= 15 is 0 Å². The largest absolute Gasteiger partial charge is 0.481 e. The van der Waals surface area contributed by atoms with E-state index in [0.29, 0.717) is 25.0 Å². The molecule has 0 saturated heterocycles. The summed E-state index contributed by atoms with van der Waals surface area (Å²) in [6, 6.07) is 0. The molecule has 0 aromatic heterocycles. The molecule has 3 atom stereocenters. The second kappa shape index (κ2) is 11.2. The summed E-state index contributed by atoms with van der Waals surface area (Å²) >= 11 is 0. The fourth-order valence-corrected chi connectivity index (χ4v) is 3.35. The number of aliphatic carboxylic acids is 1. The van der Waals surface area contributed by atoms with Gasteiger partial charge in [0.05, 0.1) is 5.60 Å². The van der Waals surface area contributed by atoms with Gasteiger partial charge in [0.25, 0.3) is 0 Å². The first-order valence-corrected chi connectivity index (χ1v) is 9.67. The molecule has 4 heteroatoms. The number of carbonyl (C=O) groups excluding carboxylic acids is 1. The molecule has 142 valence electrons. The van der Waals surface area contributed by atoms with Gasteiger partial charge in [0.15, 0.2) is 0 Å². The number of allylic oxidation sites excluding steroid dienone is 3. The van der Waals surface area contributed by atoms with Crippen LogP contribution in [0.1, 0.15) is 78.1 Å². The number of carbonyl (C=O) groups is 2. The molecular weight excluding hydrogens is 316 g/mol. The highest BCUT2D eigenvalue weighted by Gasteiger charge is 2.32. The number of hydrogen-bond donors (Lipinski definition) is 2. The van der Waals surface area contributed by atoms with Gasteiger partial charge < -0.3 is 10.2 Å². The second-order valence-corrected chi connectivity index (χ2v) is 7.44. The fourth-order valence-electron chi connectivity index (χ4n) is 3.35. The summed E-state index contributed by atoms with van der Waals surface area (Å²) in [5.74, 6) is -0.266. The predicted molar refractivity (Wildman–Crippen MR) is 100 cm³/mol. The van der Waals surface area contributed by atoms with Crippen molar-refractivity contribution in [2.24, 2.45) is 11.8 Å². The lowest BCUT2D eigenvalue weighted by Gasteiger charge is -2.20. The van der Waals surface area contributed by atoms with Crippen molar-refractivity contribution < 1.29 is 19.8 Å². The zero-order valence-electron chi connectivity index (χ0n) is 15.7. The maximum Gasteiger partial charge on any atom is 0.303 e. The van der Waals surface area contributed by atoms with Crippen LogP contribution in [0, 0.1) is 11.8 Å². The molecule has 0 aromatic carbocycles. The average molecular weight is 350 g/mol. The molecule has 2 N–H and O–H groups in total. The standard InChI is InChI=1S/C21H34O4/c1-3-4-9-15-21(2,25)16-14-17-12-13-19(22)18(17)10-7-5-6-8-11-20(23)24/h5,7,14,16-18,25H,3-4,6,8-13,15H2,1-2H3,(H,23,24). The van der Waals surface area contributed by atoms with Crippen LogP contribution in [0.5, 0.6) is 0 Å². The molecule has 25 heavy (non-hydrogen) atoms. The molecule has 1 aliphatic rings. The fraction of sp³-hybridized carbons (Fsp3) is 0.714. The summed E-state index contributed by atoms with van der Waals surface area (Å²) < 4.78 is 0.